The predicted molar refractivity (Wildman–Crippen MR) is 109 cm³/mol. The van der Waals surface area contributed by atoms with Crippen molar-refractivity contribution in [1.82, 2.24) is 4.90 Å². The molecular weight excluding hydrogens is 395 g/mol. The molecule has 0 radical (unpaired) electrons. The first-order valence-electron chi connectivity index (χ1n) is 9.38. The molecular formula is C22H23ClFN2O3+. The summed E-state index contributed by atoms with van der Waals surface area (Å²) in [5.41, 5.74) is 0.955. The van der Waals surface area contributed by atoms with Gasteiger partial charge in [0.25, 0.3) is 11.7 Å². The molecule has 2 aromatic carbocycles. The first-order chi connectivity index (χ1) is 13.8. The Morgan fingerprint density at radius 2 is 1.72 bits per heavy atom. The smallest absolute Gasteiger partial charge is 0.295 e. The van der Waals surface area contributed by atoms with Gasteiger partial charge in [-0.15, -0.1) is 0 Å². The van der Waals surface area contributed by atoms with E-state index in [0.29, 0.717) is 23.6 Å². The molecule has 1 heterocycles. The van der Waals surface area contributed by atoms with Gasteiger partial charge in [0.05, 0.1) is 32.3 Å². The van der Waals surface area contributed by atoms with E-state index in [1.165, 1.54) is 34.1 Å². The van der Waals surface area contributed by atoms with Crippen LogP contribution in [0.4, 0.5) is 4.39 Å². The first-order valence-corrected chi connectivity index (χ1v) is 9.76. The van der Waals surface area contributed by atoms with Crippen LogP contribution in [-0.4, -0.2) is 48.9 Å². The zero-order chi connectivity index (χ0) is 21.1. The lowest BCUT2D eigenvalue weighted by atomic mass is 9.95. The Morgan fingerprint density at radius 3 is 2.31 bits per heavy atom. The van der Waals surface area contributed by atoms with Gasteiger partial charge in [-0.25, -0.2) is 4.39 Å². The number of aliphatic hydroxyl groups excluding tert-OH is 1. The molecule has 5 nitrogen and oxygen atoms in total. The molecule has 0 aromatic heterocycles. The van der Waals surface area contributed by atoms with Crippen molar-refractivity contribution in [3.63, 3.8) is 0 Å². The van der Waals surface area contributed by atoms with Gasteiger partial charge in [0, 0.05) is 23.6 Å². The number of likely N-dealkylation sites (tertiary alicyclic amines) is 1. The maximum absolute atomic E-state index is 13.3. The highest BCUT2D eigenvalue weighted by atomic mass is 35.5. The maximum atomic E-state index is 13.3. The summed E-state index contributed by atoms with van der Waals surface area (Å²) >= 11 is 5.99. The highest BCUT2D eigenvalue weighted by molar-refractivity contribution is 6.46. The second-order valence-electron chi connectivity index (χ2n) is 7.36. The van der Waals surface area contributed by atoms with E-state index >= 15 is 0 Å². The number of nitrogens with zero attached hydrogens (tertiary/aromatic N) is 1. The monoisotopic (exact) mass is 417 g/mol. The van der Waals surface area contributed by atoms with Crippen molar-refractivity contribution in [1.29, 1.82) is 0 Å². The summed E-state index contributed by atoms with van der Waals surface area (Å²) in [6.07, 6.45) is 0.704. The largest absolute Gasteiger partial charge is 0.507 e. The second-order valence-corrected chi connectivity index (χ2v) is 7.80. The summed E-state index contributed by atoms with van der Waals surface area (Å²) < 4.78 is 13.3. The molecule has 1 atom stereocenters. The number of ketones is 1. The molecule has 29 heavy (non-hydrogen) atoms. The van der Waals surface area contributed by atoms with Crippen LogP contribution in [0.15, 0.2) is 54.1 Å². The summed E-state index contributed by atoms with van der Waals surface area (Å²) in [4.78, 5) is 28.3. The molecule has 3 rings (SSSR count). The number of aliphatic hydroxyl groups is 1. The number of nitrogens with one attached hydrogen (secondary N) is 1. The fourth-order valence-electron chi connectivity index (χ4n) is 3.47. The van der Waals surface area contributed by atoms with Crippen molar-refractivity contribution in [3.05, 3.63) is 76.1 Å². The molecule has 0 spiro atoms. The van der Waals surface area contributed by atoms with Crippen LogP contribution in [0.3, 0.4) is 0 Å². The number of Topliss-reactive ketones (excluding diaryl/α,β-unsaturated/α-hetero) is 1. The zero-order valence-corrected chi connectivity index (χ0v) is 17.0. The van der Waals surface area contributed by atoms with E-state index < -0.39 is 23.5 Å². The topological polar surface area (TPSA) is 62.0 Å². The minimum absolute atomic E-state index is 0.00105. The number of amides is 1. The molecule has 1 fully saturated rings. The Hall–Kier alpha value is -2.70. The molecule has 2 N–H and O–H groups in total. The quantitative estimate of drug-likeness (QED) is 0.431. The molecule has 0 unspecified atom stereocenters. The fraction of sp³-hybridized carbons (Fsp3) is 0.273. The van der Waals surface area contributed by atoms with Crippen molar-refractivity contribution in [2.75, 3.05) is 27.2 Å². The number of hydrogen-bond acceptors (Lipinski definition) is 3. The molecule has 1 amide bonds. The van der Waals surface area contributed by atoms with E-state index in [2.05, 4.69) is 0 Å². The standard InChI is InChI=1S/C22H22ClFN2O3/c1-25(2)12-3-13-26-19(14-4-8-16(23)9-5-14)18(21(28)22(26)29)20(27)15-6-10-17(24)11-7-15/h4-11,19,27H,3,12-13H2,1-2H3/p+1/t19-/m1/s1. The average molecular weight is 418 g/mol. The van der Waals surface area contributed by atoms with Gasteiger partial charge in [0.2, 0.25) is 0 Å². The highest BCUT2D eigenvalue weighted by Crippen LogP contribution is 2.39. The van der Waals surface area contributed by atoms with Gasteiger partial charge in [0.1, 0.15) is 11.6 Å². The van der Waals surface area contributed by atoms with E-state index in [9.17, 15) is 19.1 Å². The van der Waals surface area contributed by atoms with Crippen LogP contribution in [0.1, 0.15) is 23.6 Å². The number of carbonyl (C=O) groups excluding carboxylic acids is 2. The first kappa shape index (κ1) is 21.0. The van der Waals surface area contributed by atoms with Gasteiger partial charge < -0.3 is 14.9 Å². The Kier molecular flexibility index (Phi) is 6.35. The lowest BCUT2D eigenvalue weighted by Crippen LogP contribution is -3.05. The SMILES string of the molecule is C[NH+](C)CCCN1C(=O)C(=O)C(=C(O)c2ccc(F)cc2)[C@H]1c1ccc(Cl)cc1. The minimum Gasteiger partial charge on any atom is -0.507 e. The van der Waals surface area contributed by atoms with Gasteiger partial charge in [-0.1, -0.05) is 23.7 Å². The fourth-order valence-corrected chi connectivity index (χ4v) is 3.59. The van der Waals surface area contributed by atoms with Crippen molar-refractivity contribution in [2.24, 2.45) is 0 Å². The molecule has 0 aliphatic carbocycles. The Labute approximate surface area is 174 Å². The third-order valence-electron chi connectivity index (χ3n) is 4.92. The van der Waals surface area contributed by atoms with Gasteiger partial charge in [-0.3, -0.25) is 9.59 Å². The van der Waals surface area contributed by atoms with Crippen LogP contribution < -0.4 is 4.90 Å². The zero-order valence-electron chi connectivity index (χ0n) is 16.3. The number of rotatable bonds is 6. The van der Waals surface area contributed by atoms with E-state index in [0.717, 1.165) is 6.54 Å². The molecule has 152 valence electrons. The third-order valence-corrected chi connectivity index (χ3v) is 5.17. The average Bonchev–Trinajstić information content (AvgIpc) is 2.93. The van der Waals surface area contributed by atoms with Gasteiger partial charge in [0.15, 0.2) is 0 Å². The van der Waals surface area contributed by atoms with Gasteiger partial charge >= 0.3 is 0 Å². The van der Waals surface area contributed by atoms with Gasteiger partial charge in [-0.2, -0.15) is 0 Å². The molecule has 2 aromatic rings. The van der Waals surface area contributed by atoms with Crippen molar-refractivity contribution in [3.8, 4) is 0 Å². The van der Waals surface area contributed by atoms with Gasteiger partial charge in [-0.05, 0) is 42.0 Å². The minimum atomic E-state index is -0.746. The van der Waals surface area contributed by atoms with Crippen LogP contribution >= 0.6 is 11.6 Å². The molecule has 0 saturated carbocycles. The summed E-state index contributed by atoms with van der Waals surface area (Å²) in [5.74, 6) is -2.17. The predicted octanol–water partition coefficient (Wildman–Crippen LogP) is 2.44. The summed E-state index contributed by atoms with van der Waals surface area (Å²) in [6.45, 7) is 1.21. The number of halogens is 2. The van der Waals surface area contributed by atoms with E-state index in [-0.39, 0.29) is 16.9 Å². The van der Waals surface area contributed by atoms with Crippen LogP contribution in [0.5, 0.6) is 0 Å². The Morgan fingerprint density at radius 1 is 1.10 bits per heavy atom. The Bertz CT molecular complexity index is 940. The molecule has 0 bridgehead atoms. The van der Waals surface area contributed by atoms with E-state index in [1.807, 2.05) is 14.1 Å². The van der Waals surface area contributed by atoms with Crippen LogP contribution in [0.2, 0.25) is 5.02 Å². The summed E-state index contributed by atoms with van der Waals surface area (Å²) in [6, 6.07) is 11.3. The van der Waals surface area contributed by atoms with Crippen LogP contribution in [0.25, 0.3) is 5.76 Å². The lowest BCUT2D eigenvalue weighted by molar-refractivity contribution is -0.858. The maximum Gasteiger partial charge on any atom is 0.295 e. The molecule has 1 saturated heterocycles. The van der Waals surface area contributed by atoms with Crippen LogP contribution in [0, 0.1) is 5.82 Å². The highest BCUT2D eigenvalue weighted by Gasteiger charge is 2.45. The van der Waals surface area contributed by atoms with Crippen molar-refractivity contribution in [2.45, 2.75) is 12.5 Å². The summed E-state index contributed by atoms with van der Waals surface area (Å²) in [7, 11) is 4.03. The van der Waals surface area contributed by atoms with Crippen molar-refractivity contribution >= 4 is 29.1 Å². The number of quaternary nitrogens is 1. The number of benzene rings is 2. The number of carbonyl (C=O) groups is 2. The third kappa shape index (κ3) is 4.49. The van der Waals surface area contributed by atoms with E-state index in [1.54, 1.807) is 24.3 Å². The summed E-state index contributed by atoms with van der Waals surface area (Å²) in [5, 5.41) is 11.4. The van der Waals surface area contributed by atoms with Crippen molar-refractivity contribution < 1.29 is 24.0 Å². The number of hydrogen-bond donors (Lipinski definition) is 2. The molecule has 7 heteroatoms. The Balaban J connectivity index is 2.07. The van der Waals surface area contributed by atoms with E-state index in [4.69, 9.17) is 11.6 Å². The lowest BCUT2D eigenvalue weighted by Gasteiger charge is -2.25. The molecule has 1 aliphatic heterocycles. The molecule has 1 aliphatic rings. The van der Waals surface area contributed by atoms with Crippen LogP contribution in [-0.2, 0) is 9.59 Å². The second kappa shape index (κ2) is 8.76. The normalized spacial score (nSPS) is 18.7.